The average molecular weight is 662 g/mol. The molecule has 0 saturated carbocycles. The van der Waals surface area contributed by atoms with Gasteiger partial charge < -0.3 is 9.32 Å². The highest BCUT2D eigenvalue weighted by molar-refractivity contribution is 6.23. The summed E-state index contributed by atoms with van der Waals surface area (Å²) >= 11 is 0. The Morgan fingerprint density at radius 3 is 1.71 bits per heavy atom. The van der Waals surface area contributed by atoms with Gasteiger partial charge in [-0.15, -0.1) is 0 Å². The molecule has 0 amide bonds. The number of benzene rings is 10. The number of nitrogens with zero attached hydrogens (tertiary/aromatic N) is 1. The summed E-state index contributed by atoms with van der Waals surface area (Å²) in [4.78, 5) is 2.37. The Labute approximate surface area is 300 Å². The van der Waals surface area contributed by atoms with Crippen LogP contribution in [0.3, 0.4) is 0 Å². The Kier molecular flexibility index (Phi) is 6.28. The van der Waals surface area contributed by atoms with E-state index in [1.54, 1.807) is 0 Å². The first-order chi connectivity index (χ1) is 25.8. The topological polar surface area (TPSA) is 16.4 Å². The summed E-state index contributed by atoms with van der Waals surface area (Å²) in [6.07, 6.45) is 0. The number of hydrogen-bond donors (Lipinski definition) is 0. The molecule has 0 radical (unpaired) electrons. The molecule has 0 spiro atoms. The maximum absolute atomic E-state index is 6.81. The van der Waals surface area contributed by atoms with Crippen LogP contribution in [0.1, 0.15) is 0 Å². The second-order valence-corrected chi connectivity index (χ2v) is 13.7. The number of rotatable bonds is 4. The van der Waals surface area contributed by atoms with Gasteiger partial charge in [0.05, 0.1) is 5.69 Å². The van der Waals surface area contributed by atoms with E-state index in [1.807, 2.05) is 6.07 Å². The molecule has 11 rings (SSSR count). The minimum Gasteiger partial charge on any atom is -0.454 e. The Bertz CT molecular complexity index is 3190. The molecule has 11 aromatic rings. The minimum atomic E-state index is 0.878. The second kappa shape index (κ2) is 11.3. The maximum atomic E-state index is 6.81. The van der Waals surface area contributed by atoms with Crippen molar-refractivity contribution in [3.8, 4) is 11.1 Å². The van der Waals surface area contributed by atoms with Crippen LogP contribution in [0.25, 0.3) is 86.9 Å². The fourth-order valence-corrected chi connectivity index (χ4v) is 8.36. The van der Waals surface area contributed by atoms with Crippen LogP contribution >= 0.6 is 0 Å². The number of furan rings is 1. The molecule has 0 atom stereocenters. The van der Waals surface area contributed by atoms with Crippen LogP contribution in [0.15, 0.2) is 192 Å². The summed E-state index contributed by atoms with van der Waals surface area (Å²) in [5.41, 5.74) is 7.32. The van der Waals surface area contributed by atoms with Gasteiger partial charge in [-0.25, -0.2) is 0 Å². The number of fused-ring (bicyclic) bond motifs is 11. The summed E-state index contributed by atoms with van der Waals surface area (Å²) < 4.78 is 6.81. The van der Waals surface area contributed by atoms with Crippen LogP contribution in [0.4, 0.5) is 17.1 Å². The first kappa shape index (κ1) is 28.9. The van der Waals surface area contributed by atoms with Gasteiger partial charge >= 0.3 is 0 Å². The summed E-state index contributed by atoms with van der Waals surface area (Å²) in [7, 11) is 0. The molecule has 1 heterocycles. The first-order valence-electron chi connectivity index (χ1n) is 17.8. The first-order valence-corrected chi connectivity index (χ1v) is 17.8. The van der Waals surface area contributed by atoms with Gasteiger partial charge in [0.2, 0.25) is 0 Å². The van der Waals surface area contributed by atoms with Crippen molar-refractivity contribution >= 4 is 92.9 Å². The van der Waals surface area contributed by atoms with E-state index in [1.165, 1.54) is 65.0 Å². The average Bonchev–Trinajstić information content (AvgIpc) is 3.61. The van der Waals surface area contributed by atoms with Crippen molar-refractivity contribution in [2.45, 2.75) is 0 Å². The second-order valence-electron chi connectivity index (χ2n) is 13.7. The van der Waals surface area contributed by atoms with Crippen LogP contribution < -0.4 is 4.90 Å². The van der Waals surface area contributed by atoms with Crippen LogP contribution in [0, 0.1) is 0 Å². The lowest BCUT2D eigenvalue weighted by atomic mass is 9.94. The van der Waals surface area contributed by atoms with Gasteiger partial charge in [-0.2, -0.15) is 0 Å². The Morgan fingerprint density at radius 1 is 0.346 bits per heavy atom. The number of hydrogen-bond acceptors (Lipinski definition) is 2. The van der Waals surface area contributed by atoms with E-state index in [4.69, 9.17) is 4.42 Å². The SMILES string of the molecule is c1ccc2c(c1)ccc1ccc(N(c3ccc(-c4cccc5c4ccc4ccccc45)cc3)c3cc4ccccc4c4c3oc3ccccc34)cc12. The van der Waals surface area contributed by atoms with E-state index >= 15 is 0 Å². The standard InChI is InChI=1S/C50H31NO/c1-4-13-39-33(11-1)25-29-44-40(17-9-18-43(39)44)34-22-26-37(27-23-34)51(38-28-24-35-21-20-32-10-2-5-14-41(32)46(35)31-38)47-30-36-12-3-6-15-42(36)49-45-16-7-8-19-48(45)52-50(47)49/h1-31H. The monoisotopic (exact) mass is 661 g/mol. The summed E-state index contributed by atoms with van der Waals surface area (Å²) in [5.74, 6) is 0. The zero-order valence-corrected chi connectivity index (χ0v) is 28.3. The van der Waals surface area contributed by atoms with Crippen LogP contribution in [-0.2, 0) is 0 Å². The van der Waals surface area contributed by atoms with Gasteiger partial charge in [-0.3, -0.25) is 0 Å². The molecule has 0 aliphatic rings. The summed E-state index contributed by atoms with van der Waals surface area (Å²) in [6, 6.07) is 68.1. The van der Waals surface area contributed by atoms with Gasteiger partial charge in [0.1, 0.15) is 5.58 Å². The zero-order chi connectivity index (χ0) is 34.2. The van der Waals surface area contributed by atoms with Gasteiger partial charge in [-0.05, 0) is 101 Å². The third-order valence-electron chi connectivity index (χ3n) is 10.8. The molecule has 0 bridgehead atoms. The largest absolute Gasteiger partial charge is 0.454 e. The summed E-state index contributed by atoms with van der Waals surface area (Å²) in [6.45, 7) is 0. The van der Waals surface area contributed by atoms with E-state index in [0.717, 1.165) is 39.0 Å². The Hall–Kier alpha value is -6.90. The van der Waals surface area contributed by atoms with Gasteiger partial charge in [0.25, 0.3) is 0 Å². The Balaban J connectivity index is 1.16. The molecule has 1 aromatic heterocycles. The van der Waals surface area contributed by atoms with Crippen LogP contribution in [0.2, 0.25) is 0 Å². The quantitative estimate of drug-likeness (QED) is 0.175. The third kappa shape index (κ3) is 4.38. The molecule has 0 aliphatic heterocycles. The normalized spacial score (nSPS) is 11.8. The van der Waals surface area contributed by atoms with Crippen molar-refractivity contribution in [3.05, 3.63) is 188 Å². The highest BCUT2D eigenvalue weighted by Gasteiger charge is 2.22. The van der Waals surface area contributed by atoms with Gasteiger partial charge in [0.15, 0.2) is 5.58 Å². The Morgan fingerprint density at radius 2 is 0.923 bits per heavy atom. The number of para-hydroxylation sites is 1. The number of anilines is 3. The van der Waals surface area contributed by atoms with Crippen molar-refractivity contribution in [2.75, 3.05) is 4.90 Å². The van der Waals surface area contributed by atoms with Gasteiger partial charge in [0, 0.05) is 22.1 Å². The molecule has 242 valence electrons. The zero-order valence-electron chi connectivity index (χ0n) is 28.3. The van der Waals surface area contributed by atoms with E-state index in [0.29, 0.717) is 0 Å². The molecule has 0 N–H and O–H groups in total. The van der Waals surface area contributed by atoms with E-state index in [-0.39, 0.29) is 0 Å². The molecule has 52 heavy (non-hydrogen) atoms. The lowest BCUT2D eigenvalue weighted by Crippen LogP contribution is -2.10. The van der Waals surface area contributed by atoms with E-state index < -0.39 is 0 Å². The predicted molar refractivity (Wildman–Crippen MR) is 221 cm³/mol. The van der Waals surface area contributed by atoms with Crippen LogP contribution in [0.5, 0.6) is 0 Å². The third-order valence-corrected chi connectivity index (χ3v) is 10.8. The highest BCUT2D eigenvalue weighted by atomic mass is 16.3. The minimum absolute atomic E-state index is 0.878. The van der Waals surface area contributed by atoms with E-state index in [2.05, 4.69) is 187 Å². The highest BCUT2D eigenvalue weighted by Crippen LogP contribution is 2.46. The molecule has 0 saturated heterocycles. The molecule has 2 nitrogen and oxygen atoms in total. The molecule has 10 aromatic carbocycles. The van der Waals surface area contributed by atoms with Gasteiger partial charge in [-0.1, -0.05) is 152 Å². The predicted octanol–water partition coefficient (Wildman–Crippen LogP) is 14.5. The lowest BCUT2D eigenvalue weighted by molar-refractivity contribution is 0.669. The summed E-state index contributed by atoms with van der Waals surface area (Å²) in [5, 5.41) is 14.6. The maximum Gasteiger partial charge on any atom is 0.160 e. The molecular formula is C50H31NO. The van der Waals surface area contributed by atoms with Crippen molar-refractivity contribution in [2.24, 2.45) is 0 Å². The lowest BCUT2D eigenvalue weighted by Gasteiger charge is -2.27. The van der Waals surface area contributed by atoms with Crippen molar-refractivity contribution < 1.29 is 4.42 Å². The van der Waals surface area contributed by atoms with Crippen molar-refractivity contribution in [3.63, 3.8) is 0 Å². The smallest absolute Gasteiger partial charge is 0.160 e. The molecular weight excluding hydrogens is 631 g/mol. The van der Waals surface area contributed by atoms with Crippen molar-refractivity contribution in [1.29, 1.82) is 0 Å². The fraction of sp³-hybridized carbons (Fsp3) is 0. The van der Waals surface area contributed by atoms with Crippen molar-refractivity contribution in [1.82, 2.24) is 0 Å². The molecule has 2 heteroatoms. The molecule has 0 unspecified atom stereocenters. The van der Waals surface area contributed by atoms with Crippen LogP contribution in [-0.4, -0.2) is 0 Å². The molecule has 0 aliphatic carbocycles. The molecule has 0 fully saturated rings. The van der Waals surface area contributed by atoms with E-state index in [9.17, 15) is 0 Å². The fourth-order valence-electron chi connectivity index (χ4n) is 8.36.